The minimum absolute atomic E-state index is 0.572. The summed E-state index contributed by atoms with van der Waals surface area (Å²) >= 11 is 3.45. The summed E-state index contributed by atoms with van der Waals surface area (Å²) in [6.45, 7) is 4.54. The summed E-state index contributed by atoms with van der Waals surface area (Å²) in [7, 11) is 0. The molecule has 17 heavy (non-hydrogen) atoms. The van der Waals surface area contributed by atoms with Gasteiger partial charge in [0.1, 0.15) is 5.82 Å². The Balaban J connectivity index is 1.63. The van der Waals surface area contributed by atoms with Crippen molar-refractivity contribution in [3.63, 3.8) is 0 Å². The van der Waals surface area contributed by atoms with Gasteiger partial charge in [-0.25, -0.2) is 4.98 Å². The summed E-state index contributed by atoms with van der Waals surface area (Å²) in [5.41, 5.74) is 1.21. The van der Waals surface area contributed by atoms with Crippen LogP contribution >= 0.6 is 15.9 Å². The summed E-state index contributed by atoms with van der Waals surface area (Å²) in [6, 6.07) is 3.58. The number of rotatable bonds is 3. The number of hydrogen-bond acceptors (Lipinski definition) is 3. The van der Waals surface area contributed by atoms with Gasteiger partial charge in [0.15, 0.2) is 0 Å². The highest BCUT2D eigenvalue weighted by molar-refractivity contribution is 9.10. The zero-order valence-electron chi connectivity index (χ0n) is 10.1. The van der Waals surface area contributed by atoms with Gasteiger partial charge in [0.2, 0.25) is 0 Å². The van der Waals surface area contributed by atoms with Crippen molar-refractivity contribution in [2.45, 2.75) is 38.3 Å². The summed E-state index contributed by atoms with van der Waals surface area (Å²) < 4.78 is 1.05. The fourth-order valence-electron chi connectivity index (χ4n) is 2.56. The lowest BCUT2D eigenvalue weighted by Gasteiger charge is -2.17. The average Bonchev–Trinajstić information content (AvgIpc) is 3.04. The first kappa shape index (κ1) is 11.5. The molecule has 3 nitrogen and oxygen atoms in total. The second-order valence-electron chi connectivity index (χ2n) is 5.18. The van der Waals surface area contributed by atoms with Gasteiger partial charge in [0.25, 0.3) is 0 Å². The molecule has 1 saturated carbocycles. The molecule has 1 aromatic heterocycles. The minimum Gasteiger partial charge on any atom is -0.366 e. The molecule has 3 rings (SSSR count). The SMILES string of the molecule is Cc1cc(Br)cnc1NC1CCN(C2CC2)C1. The molecule has 1 aliphatic heterocycles. The van der Waals surface area contributed by atoms with E-state index < -0.39 is 0 Å². The van der Waals surface area contributed by atoms with E-state index in [-0.39, 0.29) is 0 Å². The average molecular weight is 296 g/mol. The molecule has 2 heterocycles. The number of halogens is 1. The van der Waals surface area contributed by atoms with Crippen molar-refractivity contribution in [3.05, 3.63) is 22.3 Å². The number of hydrogen-bond donors (Lipinski definition) is 1. The molecule has 0 spiro atoms. The summed E-state index contributed by atoms with van der Waals surface area (Å²) in [6.07, 6.45) is 5.92. The lowest BCUT2D eigenvalue weighted by Crippen LogP contribution is -2.28. The molecule has 92 valence electrons. The second kappa shape index (κ2) is 4.58. The van der Waals surface area contributed by atoms with Gasteiger partial charge >= 0.3 is 0 Å². The van der Waals surface area contributed by atoms with Crippen LogP contribution in [0.3, 0.4) is 0 Å². The van der Waals surface area contributed by atoms with Crippen LogP contribution in [0, 0.1) is 6.92 Å². The van der Waals surface area contributed by atoms with Crippen LogP contribution in [0.4, 0.5) is 5.82 Å². The molecule has 1 aromatic rings. The number of aryl methyl sites for hydroxylation is 1. The number of nitrogens with zero attached hydrogens (tertiary/aromatic N) is 2. The van der Waals surface area contributed by atoms with Gasteiger partial charge in [-0.15, -0.1) is 0 Å². The van der Waals surface area contributed by atoms with Gasteiger partial charge in [-0.1, -0.05) is 0 Å². The number of likely N-dealkylation sites (tertiary alicyclic amines) is 1. The van der Waals surface area contributed by atoms with Crippen LogP contribution in [0.2, 0.25) is 0 Å². The molecular weight excluding hydrogens is 278 g/mol. The Hall–Kier alpha value is -0.610. The van der Waals surface area contributed by atoms with Gasteiger partial charge in [0, 0.05) is 35.8 Å². The van der Waals surface area contributed by atoms with Crippen molar-refractivity contribution >= 4 is 21.7 Å². The van der Waals surface area contributed by atoms with Gasteiger partial charge in [-0.05, 0) is 53.7 Å². The maximum atomic E-state index is 4.45. The first-order valence-electron chi connectivity index (χ1n) is 6.35. The Kier molecular flexibility index (Phi) is 3.09. The van der Waals surface area contributed by atoms with Crippen molar-refractivity contribution < 1.29 is 0 Å². The zero-order valence-corrected chi connectivity index (χ0v) is 11.7. The van der Waals surface area contributed by atoms with Crippen LogP contribution in [0.5, 0.6) is 0 Å². The fraction of sp³-hybridized carbons (Fsp3) is 0.615. The molecule has 4 heteroatoms. The molecule has 0 amide bonds. The van der Waals surface area contributed by atoms with E-state index >= 15 is 0 Å². The van der Waals surface area contributed by atoms with Gasteiger partial charge in [-0.2, -0.15) is 0 Å². The van der Waals surface area contributed by atoms with Crippen molar-refractivity contribution in [1.82, 2.24) is 9.88 Å². The molecule has 1 aliphatic carbocycles. The van der Waals surface area contributed by atoms with Gasteiger partial charge in [-0.3, -0.25) is 4.90 Å². The van der Waals surface area contributed by atoms with E-state index in [1.54, 1.807) is 0 Å². The summed E-state index contributed by atoms with van der Waals surface area (Å²) in [4.78, 5) is 7.07. The van der Waals surface area contributed by atoms with Crippen molar-refractivity contribution in [3.8, 4) is 0 Å². The van der Waals surface area contributed by atoms with Crippen LogP contribution in [0.25, 0.3) is 0 Å². The normalized spacial score (nSPS) is 25.2. The molecule has 1 atom stereocenters. The summed E-state index contributed by atoms with van der Waals surface area (Å²) in [5.74, 6) is 1.04. The third-order valence-electron chi connectivity index (χ3n) is 3.67. The van der Waals surface area contributed by atoms with Crippen molar-refractivity contribution in [2.24, 2.45) is 0 Å². The second-order valence-corrected chi connectivity index (χ2v) is 6.09. The molecule has 0 bridgehead atoms. The number of pyridine rings is 1. The maximum Gasteiger partial charge on any atom is 0.129 e. The first-order valence-corrected chi connectivity index (χ1v) is 7.14. The molecular formula is C13H18BrN3. The molecule has 2 fully saturated rings. The third kappa shape index (κ3) is 2.63. The molecule has 0 aromatic carbocycles. The van der Waals surface area contributed by atoms with Crippen LogP contribution in [-0.4, -0.2) is 35.1 Å². The smallest absolute Gasteiger partial charge is 0.129 e. The number of nitrogens with one attached hydrogen (secondary N) is 1. The fourth-order valence-corrected chi connectivity index (χ4v) is 3.01. The van der Waals surface area contributed by atoms with Crippen LogP contribution in [0.1, 0.15) is 24.8 Å². The standard InChI is InChI=1S/C13H18BrN3/c1-9-6-10(14)7-15-13(9)16-11-4-5-17(8-11)12-2-3-12/h6-7,11-12H,2-5,8H2,1H3,(H,15,16). The Labute approximate surface area is 111 Å². The van der Waals surface area contributed by atoms with E-state index in [2.05, 4.69) is 44.1 Å². The van der Waals surface area contributed by atoms with E-state index in [0.29, 0.717) is 6.04 Å². The highest BCUT2D eigenvalue weighted by Gasteiger charge is 2.34. The Morgan fingerprint density at radius 1 is 1.41 bits per heavy atom. The molecule has 0 radical (unpaired) electrons. The zero-order chi connectivity index (χ0) is 11.8. The lowest BCUT2D eigenvalue weighted by molar-refractivity contribution is 0.326. The maximum absolute atomic E-state index is 4.45. The topological polar surface area (TPSA) is 28.2 Å². The predicted octanol–water partition coefficient (Wildman–Crippen LogP) is 2.80. The predicted molar refractivity (Wildman–Crippen MR) is 73.3 cm³/mol. The Bertz CT molecular complexity index is 417. The van der Waals surface area contributed by atoms with Crippen LogP contribution in [0.15, 0.2) is 16.7 Å². The highest BCUT2D eigenvalue weighted by atomic mass is 79.9. The van der Waals surface area contributed by atoms with E-state index in [9.17, 15) is 0 Å². The van der Waals surface area contributed by atoms with E-state index in [0.717, 1.165) is 16.3 Å². The Morgan fingerprint density at radius 3 is 2.94 bits per heavy atom. The van der Waals surface area contributed by atoms with Crippen molar-refractivity contribution in [1.29, 1.82) is 0 Å². The number of anilines is 1. The van der Waals surface area contributed by atoms with Gasteiger partial charge < -0.3 is 5.32 Å². The third-order valence-corrected chi connectivity index (χ3v) is 4.10. The van der Waals surface area contributed by atoms with Crippen LogP contribution in [-0.2, 0) is 0 Å². The molecule has 1 saturated heterocycles. The van der Waals surface area contributed by atoms with Crippen molar-refractivity contribution in [2.75, 3.05) is 18.4 Å². The number of aromatic nitrogens is 1. The lowest BCUT2D eigenvalue weighted by atomic mass is 10.2. The largest absolute Gasteiger partial charge is 0.366 e. The van der Waals surface area contributed by atoms with Gasteiger partial charge in [0.05, 0.1) is 0 Å². The van der Waals surface area contributed by atoms with E-state index in [1.807, 2.05) is 6.20 Å². The first-order chi connectivity index (χ1) is 8.22. The Morgan fingerprint density at radius 2 is 2.24 bits per heavy atom. The molecule has 2 aliphatic rings. The molecule has 1 unspecified atom stereocenters. The highest BCUT2D eigenvalue weighted by Crippen LogP contribution is 2.30. The minimum atomic E-state index is 0.572. The molecule has 1 N–H and O–H groups in total. The summed E-state index contributed by atoms with van der Waals surface area (Å²) in [5, 5.41) is 3.58. The van der Waals surface area contributed by atoms with E-state index in [4.69, 9.17) is 0 Å². The monoisotopic (exact) mass is 295 g/mol. The van der Waals surface area contributed by atoms with E-state index in [1.165, 1.54) is 37.9 Å². The van der Waals surface area contributed by atoms with Crippen LogP contribution < -0.4 is 5.32 Å². The quantitative estimate of drug-likeness (QED) is 0.929.